The van der Waals surface area contributed by atoms with Crippen LogP contribution in [-0.2, 0) is 11.3 Å². The summed E-state index contributed by atoms with van der Waals surface area (Å²) in [6.07, 6.45) is 4.45. The molecule has 0 aliphatic carbocycles. The van der Waals surface area contributed by atoms with Crippen LogP contribution in [0.2, 0.25) is 0 Å². The number of rotatable bonds is 5. The molecule has 138 valence electrons. The molecule has 0 spiro atoms. The number of pyridine rings is 1. The number of likely N-dealkylation sites (tertiary alicyclic amines) is 1. The van der Waals surface area contributed by atoms with Crippen LogP contribution in [0.25, 0.3) is 5.65 Å². The van der Waals surface area contributed by atoms with Crippen LogP contribution in [0.4, 0.5) is 0 Å². The van der Waals surface area contributed by atoms with Crippen molar-refractivity contribution >= 4 is 35.6 Å². The molecule has 7 nitrogen and oxygen atoms in total. The molecule has 1 aliphatic heterocycles. The fourth-order valence-electron chi connectivity index (χ4n) is 3.04. The summed E-state index contributed by atoms with van der Waals surface area (Å²) >= 11 is 0. The first-order valence-corrected chi connectivity index (χ1v) is 8.75. The molecule has 0 atom stereocenters. The predicted octanol–water partition coefficient (Wildman–Crippen LogP) is 2.31. The second-order valence-corrected chi connectivity index (χ2v) is 5.86. The minimum Gasteiger partial charge on any atom is -0.378 e. The van der Waals surface area contributed by atoms with E-state index in [4.69, 9.17) is 9.73 Å². The highest BCUT2D eigenvalue weighted by Crippen LogP contribution is 2.14. The topological polar surface area (TPSA) is 67.0 Å². The van der Waals surface area contributed by atoms with Gasteiger partial charge in [-0.3, -0.25) is 4.40 Å². The van der Waals surface area contributed by atoms with E-state index in [1.54, 1.807) is 0 Å². The van der Waals surface area contributed by atoms with Gasteiger partial charge in [-0.2, -0.15) is 0 Å². The average Bonchev–Trinajstić information content (AvgIpc) is 3.03. The highest BCUT2D eigenvalue weighted by Gasteiger charge is 2.21. The molecule has 0 aromatic carbocycles. The molecule has 0 radical (unpaired) electrons. The first-order valence-electron chi connectivity index (χ1n) is 8.75. The molecule has 3 heterocycles. The molecule has 8 heteroatoms. The number of hydrogen-bond donors (Lipinski definition) is 1. The summed E-state index contributed by atoms with van der Waals surface area (Å²) in [5, 5.41) is 11.8. The first-order chi connectivity index (χ1) is 11.8. The molecule has 2 aromatic rings. The number of ether oxygens (including phenoxy) is 1. The summed E-state index contributed by atoms with van der Waals surface area (Å²) in [7, 11) is 0. The van der Waals surface area contributed by atoms with E-state index in [1.165, 1.54) is 0 Å². The fourth-order valence-corrected chi connectivity index (χ4v) is 3.04. The van der Waals surface area contributed by atoms with Gasteiger partial charge in [-0.15, -0.1) is 34.2 Å². The number of halogens is 1. The zero-order valence-corrected chi connectivity index (χ0v) is 17.2. The fraction of sp³-hybridized carbons (Fsp3) is 0.588. The van der Waals surface area contributed by atoms with Crippen molar-refractivity contribution < 1.29 is 4.74 Å². The summed E-state index contributed by atoms with van der Waals surface area (Å²) < 4.78 is 7.71. The van der Waals surface area contributed by atoms with E-state index in [0.29, 0.717) is 12.6 Å². The number of aliphatic imine (C=N–C) groups is 1. The van der Waals surface area contributed by atoms with Crippen LogP contribution in [-0.4, -0.2) is 57.8 Å². The van der Waals surface area contributed by atoms with Crippen molar-refractivity contribution in [3.05, 3.63) is 30.2 Å². The maximum atomic E-state index is 5.73. The van der Waals surface area contributed by atoms with Gasteiger partial charge in [0.15, 0.2) is 17.4 Å². The summed E-state index contributed by atoms with van der Waals surface area (Å²) in [6, 6.07) is 5.89. The number of aromatic nitrogens is 3. The lowest BCUT2D eigenvalue weighted by Gasteiger charge is -2.34. The average molecular weight is 458 g/mol. The number of guanidine groups is 1. The molecule has 0 bridgehead atoms. The van der Waals surface area contributed by atoms with Gasteiger partial charge in [-0.05, 0) is 38.8 Å². The van der Waals surface area contributed by atoms with Crippen LogP contribution in [0.15, 0.2) is 29.4 Å². The summed E-state index contributed by atoms with van der Waals surface area (Å²) in [5.41, 5.74) is 0.852. The molecule has 0 amide bonds. The zero-order chi connectivity index (χ0) is 16.8. The molecule has 25 heavy (non-hydrogen) atoms. The second kappa shape index (κ2) is 9.91. The minimum atomic E-state index is 0. The van der Waals surface area contributed by atoms with E-state index in [9.17, 15) is 0 Å². The highest BCUT2D eigenvalue weighted by molar-refractivity contribution is 14.0. The van der Waals surface area contributed by atoms with Crippen molar-refractivity contribution in [3.63, 3.8) is 0 Å². The second-order valence-electron chi connectivity index (χ2n) is 5.86. The van der Waals surface area contributed by atoms with Gasteiger partial charge in [0.05, 0.1) is 6.10 Å². The van der Waals surface area contributed by atoms with Gasteiger partial charge < -0.3 is 15.0 Å². The van der Waals surface area contributed by atoms with E-state index in [2.05, 4.69) is 34.3 Å². The Kier molecular flexibility index (Phi) is 7.89. The van der Waals surface area contributed by atoms with Crippen LogP contribution in [0.1, 0.15) is 32.5 Å². The monoisotopic (exact) mass is 458 g/mol. The molecule has 1 aliphatic rings. The molecular formula is C17H27IN6O. The number of nitrogens with one attached hydrogen (secondary N) is 1. The van der Waals surface area contributed by atoms with E-state index in [0.717, 1.165) is 56.5 Å². The Labute approximate surface area is 165 Å². The van der Waals surface area contributed by atoms with Gasteiger partial charge in [0.2, 0.25) is 0 Å². The third-order valence-corrected chi connectivity index (χ3v) is 4.23. The molecule has 0 saturated carbocycles. The largest absolute Gasteiger partial charge is 0.378 e. The Balaban J connectivity index is 0.00000225. The van der Waals surface area contributed by atoms with Crippen LogP contribution in [0.5, 0.6) is 0 Å². The van der Waals surface area contributed by atoms with Crippen LogP contribution in [0, 0.1) is 0 Å². The molecule has 1 fully saturated rings. The Bertz CT molecular complexity index is 681. The van der Waals surface area contributed by atoms with E-state index in [1.807, 2.05) is 28.8 Å². The van der Waals surface area contributed by atoms with Crippen LogP contribution >= 0.6 is 24.0 Å². The maximum Gasteiger partial charge on any atom is 0.194 e. The van der Waals surface area contributed by atoms with Gasteiger partial charge >= 0.3 is 0 Å². The molecule has 1 N–H and O–H groups in total. The van der Waals surface area contributed by atoms with Crippen molar-refractivity contribution in [1.82, 2.24) is 24.8 Å². The number of fused-ring (bicyclic) bond motifs is 1. The third-order valence-electron chi connectivity index (χ3n) is 4.23. The van der Waals surface area contributed by atoms with Gasteiger partial charge in [0.25, 0.3) is 0 Å². The predicted molar refractivity (Wildman–Crippen MR) is 109 cm³/mol. The van der Waals surface area contributed by atoms with Gasteiger partial charge in [-0.25, -0.2) is 4.99 Å². The van der Waals surface area contributed by atoms with Crippen molar-refractivity contribution in [1.29, 1.82) is 0 Å². The van der Waals surface area contributed by atoms with Crippen LogP contribution < -0.4 is 5.32 Å². The normalized spacial score (nSPS) is 16.1. The van der Waals surface area contributed by atoms with Crippen molar-refractivity contribution in [2.75, 3.05) is 26.2 Å². The molecule has 1 saturated heterocycles. The Morgan fingerprint density at radius 3 is 2.80 bits per heavy atom. The minimum absolute atomic E-state index is 0. The van der Waals surface area contributed by atoms with Crippen molar-refractivity contribution in [2.45, 2.75) is 39.3 Å². The Morgan fingerprint density at radius 2 is 2.08 bits per heavy atom. The number of hydrogen-bond acceptors (Lipinski definition) is 4. The van der Waals surface area contributed by atoms with Gasteiger partial charge in [-0.1, -0.05) is 6.07 Å². The quantitative estimate of drug-likeness (QED) is 0.423. The summed E-state index contributed by atoms with van der Waals surface area (Å²) in [4.78, 5) is 7.08. The molecule has 3 rings (SSSR count). The van der Waals surface area contributed by atoms with E-state index in [-0.39, 0.29) is 24.0 Å². The molecule has 2 aromatic heterocycles. The molecule has 0 unspecified atom stereocenters. The Morgan fingerprint density at radius 1 is 1.28 bits per heavy atom. The lowest BCUT2D eigenvalue weighted by Crippen LogP contribution is -2.47. The van der Waals surface area contributed by atoms with E-state index < -0.39 is 0 Å². The summed E-state index contributed by atoms with van der Waals surface area (Å²) in [5.74, 6) is 1.80. The van der Waals surface area contributed by atoms with E-state index >= 15 is 0 Å². The SMILES string of the molecule is CCNC(=NCc1nnc2ccccn12)N1CCC(OCC)CC1.I. The summed E-state index contributed by atoms with van der Waals surface area (Å²) in [6.45, 7) is 8.24. The third kappa shape index (κ3) is 5.04. The van der Waals surface area contributed by atoms with Gasteiger partial charge in [0.1, 0.15) is 6.54 Å². The van der Waals surface area contributed by atoms with Gasteiger partial charge in [0, 0.05) is 32.4 Å². The Hall–Kier alpha value is -1.42. The van der Waals surface area contributed by atoms with Crippen LogP contribution in [0.3, 0.4) is 0 Å². The first kappa shape index (κ1) is 19.9. The maximum absolute atomic E-state index is 5.73. The molecular weight excluding hydrogens is 431 g/mol. The smallest absolute Gasteiger partial charge is 0.194 e. The number of nitrogens with zero attached hydrogens (tertiary/aromatic N) is 5. The highest BCUT2D eigenvalue weighted by atomic mass is 127. The number of piperidine rings is 1. The van der Waals surface area contributed by atoms with Crippen molar-refractivity contribution in [2.24, 2.45) is 4.99 Å². The van der Waals surface area contributed by atoms with Crippen molar-refractivity contribution in [3.8, 4) is 0 Å². The zero-order valence-electron chi connectivity index (χ0n) is 14.9. The standard InChI is InChI=1S/C17H26N6O.HI/c1-3-18-17(22-11-8-14(9-12-22)24-4-2)19-13-16-21-20-15-7-5-6-10-23(15)16;/h5-7,10,14H,3-4,8-9,11-13H2,1-2H3,(H,18,19);1H. The lowest BCUT2D eigenvalue weighted by atomic mass is 10.1. The lowest BCUT2D eigenvalue weighted by molar-refractivity contribution is 0.0263.